The SMILES string of the molecule is C=C(S/C(=C\C)OC(C)C)c1cc(C#N)c(C(=O)OC)c(CCC)c1. The maximum Gasteiger partial charge on any atom is 0.339 e. The largest absolute Gasteiger partial charge is 0.485 e. The number of allylic oxidation sites excluding steroid dienone is 1. The third-order valence-electron chi connectivity index (χ3n) is 3.38. The van der Waals surface area contributed by atoms with Crippen LogP contribution in [0.5, 0.6) is 0 Å². The monoisotopic (exact) mass is 359 g/mol. The number of esters is 1. The summed E-state index contributed by atoms with van der Waals surface area (Å²) in [5.74, 6) is -0.484. The molecular formula is C20H25NO3S. The molecule has 0 spiro atoms. The molecule has 134 valence electrons. The van der Waals surface area contributed by atoms with Gasteiger partial charge in [0.2, 0.25) is 0 Å². The van der Waals surface area contributed by atoms with Gasteiger partial charge in [-0.05, 0) is 56.5 Å². The fourth-order valence-electron chi connectivity index (χ4n) is 2.32. The minimum absolute atomic E-state index is 0.0681. The van der Waals surface area contributed by atoms with Crippen LogP contribution in [-0.2, 0) is 15.9 Å². The third-order valence-corrected chi connectivity index (χ3v) is 4.40. The third kappa shape index (κ3) is 5.68. The van der Waals surface area contributed by atoms with Crippen molar-refractivity contribution in [2.45, 2.75) is 46.6 Å². The van der Waals surface area contributed by atoms with Crippen molar-refractivity contribution in [1.29, 1.82) is 5.26 Å². The van der Waals surface area contributed by atoms with E-state index in [4.69, 9.17) is 9.47 Å². The summed E-state index contributed by atoms with van der Waals surface area (Å²) in [6.45, 7) is 12.0. The van der Waals surface area contributed by atoms with Crippen molar-refractivity contribution in [2.75, 3.05) is 7.11 Å². The van der Waals surface area contributed by atoms with Gasteiger partial charge < -0.3 is 9.47 Å². The van der Waals surface area contributed by atoms with Gasteiger partial charge in [-0.1, -0.05) is 31.7 Å². The molecule has 0 aliphatic heterocycles. The van der Waals surface area contributed by atoms with Gasteiger partial charge in [0.15, 0.2) is 5.09 Å². The second-order valence-electron chi connectivity index (χ2n) is 5.71. The van der Waals surface area contributed by atoms with E-state index in [-0.39, 0.29) is 6.10 Å². The maximum absolute atomic E-state index is 12.1. The van der Waals surface area contributed by atoms with E-state index in [2.05, 4.69) is 12.6 Å². The van der Waals surface area contributed by atoms with Crippen molar-refractivity contribution in [1.82, 2.24) is 0 Å². The maximum atomic E-state index is 12.1. The molecule has 5 heteroatoms. The highest BCUT2D eigenvalue weighted by molar-refractivity contribution is 8.11. The minimum atomic E-state index is -0.484. The molecule has 0 bridgehead atoms. The first-order valence-corrected chi connectivity index (χ1v) is 9.04. The molecule has 0 radical (unpaired) electrons. The van der Waals surface area contributed by atoms with Crippen LogP contribution >= 0.6 is 11.8 Å². The summed E-state index contributed by atoms with van der Waals surface area (Å²) < 4.78 is 10.6. The van der Waals surface area contributed by atoms with Gasteiger partial charge in [-0.3, -0.25) is 0 Å². The molecule has 4 nitrogen and oxygen atoms in total. The van der Waals surface area contributed by atoms with E-state index in [0.717, 1.165) is 27.5 Å². The van der Waals surface area contributed by atoms with Crippen LogP contribution in [0.4, 0.5) is 0 Å². The standard InChI is InChI=1S/C20H25NO3S/c1-7-9-15-10-16(11-17(12-21)19(15)20(22)23-6)14(5)25-18(8-2)24-13(3)4/h8,10-11,13H,5,7,9H2,1-4,6H3/b18-8-. The van der Waals surface area contributed by atoms with Gasteiger partial charge in [0.05, 0.1) is 24.3 Å². The lowest BCUT2D eigenvalue weighted by atomic mass is 9.95. The predicted molar refractivity (Wildman–Crippen MR) is 103 cm³/mol. The number of carbonyl (C=O) groups excluding carboxylic acids is 1. The molecule has 0 amide bonds. The van der Waals surface area contributed by atoms with Gasteiger partial charge in [-0.15, -0.1) is 0 Å². The number of nitriles is 1. The summed E-state index contributed by atoms with van der Waals surface area (Å²) in [7, 11) is 1.32. The number of aryl methyl sites for hydroxylation is 1. The zero-order valence-corrected chi connectivity index (χ0v) is 16.3. The Hall–Kier alpha value is -2.19. The number of hydrogen-bond donors (Lipinski definition) is 0. The van der Waals surface area contributed by atoms with Crippen LogP contribution in [0.15, 0.2) is 29.9 Å². The fraction of sp³-hybridized carbons (Fsp3) is 0.400. The van der Waals surface area contributed by atoms with Crippen molar-refractivity contribution in [3.63, 3.8) is 0 Å². The number of methoxy groups -OCH3 is 1. The average molecular weight is 359 g/mol. The van der Waals surface area contributed by atoms with Gasteiger partial charge in [-0.2, -0.15) is 5.26 Å². The average Bonchev–Trinajstić information content (AvgIpc) is 2.59. The Balaban J connectivity index is 3.28. The van der Waals surface area contributed by atoms with Crippen molar-refractivity contribution in [3.05, 3.63) is 52.1 Å². The van der Waals surface area contributed by atoms with Gasteiger partial charge in [0.1, 0.15) is 6.07 Å². The number of hydrogen-bond acceptors (Lipinski definition) is 5. The van der Waals surface area contributed by atoms with Crippen LogP contribution < -0.4 is 0 Å². The van der Waals surface area contributed by atoms with E-state index in [0.29, 0.717) is 17.5 Å². The van der Waals surface area contributed by atoms with Crippen LogP contribution in [0.2, 0.25) is 0 Å². The molecule has 0 saturated carbocycles. The Labute approximate surface area is 154 Å². The van der Waals surface area contributed by atoms with Crippen molar-refractivity contribution < 1.29 is 14.3 Å². The molecule has 0 aliphatic carbocycles. The van der Waals surface area contributed by atoms with Crippen molar-refractivity contribution in [3.8, 4) is 6.07 Å². The molecule has 25 heavy (non-hydrogen) atoms. The molecule has 0 heterocycles. The van der Waals surface area contributed by atoms with Crippen molar-refractivity contribution in [2.24, 2.45) is 0 Å². The summed E-state index contributed by atoms with van der Waals surface area (Å²) in [5, 5.41) is 10.2. The van der Waals surface area contributed by atoms with Crippen LogP contribution in [0, 0.1) is 11.3 Å². The number of rotatable bonds is 8. The summed E-state index contributed by atoms with van der Waals surface area (Å²) in [4.78, 5) is 12.8. The van der Waals surface area contributed by atoms with Crippen LogP contribution in [-0.4, -0.2) is 19.2 Å². The summed E-state index contributed by atoms with van der Waals surface area (Å²) in [5.41, 5.74) is 2.26. The molecule has 0 atom stereocenters. The first-order valence-electron chi connectivity index (χ1n) is 8.23. The Morgan fingerprint density at radius 1 is 1.44 bits per heavy atom. The number of benzene rings is 1. The lowest BCUT2D eigenvalue weighted by Crippen LogP contribution is -2.09. The lowest BCUT2D eigenvalue weighted by Gasteiger charge is -2.16. The highest BCUT2D eigenvalue weighted by Gasteiger charge is 2.19. The molecule has 0 aromatic heterocycles. The molecule has 0 unspecified atom stereocenters. The van der Waals surface area contributed by atoms with E-state index in [9.17, 15) is 10.1 Å². The van der Waals surface area contributed by atoms with Crippen LogP contribution in [0.25, 0.3) is 4.91 Å². The normalized spacial score (nSPS) is 11.2. The lowest BCUT2D eigenvalue weighted by molar-refractivity contribution is 0.0599. The molecule has 0 N–H and O–H groups in total. The molecule has 1 aromatic rings. The zero-order chi connectivity index (χ0) is 19.0. The molecule has 1 rings (SSSR count). The van der Waals surface area contributed by atoms with E-state index >= 15 is 0 Å². The van der Waals surface area contributed by atoms with Gasteiger partial charge >= 0.3 is 5.97 Å². The molecule has 0 fully saturated rings. The van der Waals surface area contributed by atoms with E-state index in [1.54, 1.807) is 6.07 Å². The quantitative estimate of drug-likeness (QED) is 0.466. The first kappa shape index (κ1) is 20.9. The van der Waals surface area contributed by atoms with E-state index < -0.39 is 5.97 Å². The highest BCUT2D eigenvalue weighted by atomic mass is 32.2. The first-order chi connectivity index (χ1) is 11.9. The Bertz CT molecular complexity index is 714. The predicted octanol–water partition coefficient (Wildman–Crippen LogP) is 5.29. The summed E-state index contributed by atoms with van der Waals surface area (Å²) >= 11 is 1.41. The summed E-state index contributed by atoms with van der Waals surface area (Å²) in [6, 6.07) is 5.70. The van der Waals surface area contributed by atoms with E-state index in [1.807, 2.05) is 39.8 Å². The second-order valence-corrected chi connectivity index (χ2v) is 6.81. The van der Waals surface area contributed by atoms with Gasteiger partial charge in [-0.25, -0.2) is 4.79 Å². The zero-order valence-electron chi connectivity index (χ0n) is 15.5. The number of nitrogens with zero attached hydrogens (tertiary/aromatic N) is 1. The van der Waals surface area contributed by atoms with Crippen molar-refractivity contribution >= 4 is 22.6 Å². The Morgan fingerprint density at radius 2 is 2.12 bits per heavy atom. The second kappa shape index (κ2) is 9.95. The highest BCUT2D eigenvalue weighted by Crippen LogP contribution is 2.35. The van der Waals surface area contributed by atoms with Gasteiger partial charge in [0.25, 0.3) is 0 Å². The van der Waals surface area contributed by atoms with E-state index in [1.165, 1.54) is 18.9 Å². The molecular weight excluding hydrogens is 334 g/mol. The smallest absolute Gasteiger partial charge is 0.339 e. The number of thioether (sulfide) groups is 1. The molecule has 1 aromatic carbocycles. The van der Waals surface area contributed by atoms with Crippen LogP contribution in [0.3, 0.4) is 0 Å². The molecule has 0 aliphatic rings. The van der Waals surface area contributed by atoms with Crippen LogP contribution in [0.1, 0.15) is 61.2 Å². The van der Waals surface area contributed by atoms with Gasteiger partial charge in [0, 0.05) is 4.91 Å². The number of ether oxygens (including phenoxy) is 2. The Morgan fingerprint density at radius 3 is 2.60 bits per heavy atom. The minimum Gasteiger partial charge on any atom is -0.485 e. The summed E-state index contributed by atoms with van der Waals surface area (Å²) in [6.07, 6.45) is 3.49. The topological polar surface area (TPSA) is 59.3 Å². The number of carbonyl (C=O) groups is 1. The fourth-order valence-corrected chi connectivity index (χ4v) is 3.16. The Kier molecular flexibility index (Phi) is 8.30. The molecule has 0 saturated heterocycles.